The molecule has 1 fully saturated rings. The Balaban J connectivity index is 1.58. The van der Waals surface area contributed by atoms with Crippen LogP contribution in [0.5, 0.6) is 0 Å². The van der Waals surface area contributed by atoms with Gasteiger partial charge in [0.25, 0.3) is 5.91 Å². The van der Waals surface area contributed by atoms with Gasteiger partial charge in [-0.05, 0) is 66.7 Å². The SMILES string of the molecule is Cc1cc(/C=C2/SC(=Nc3ccc(Cl)c(Cl)c3)NC2=O)cn1-c1ccccc1. The van der Waals surface area contributed by atoms with Gasteiger partial charge in [-0.3, -0.25) is 4.79 Å². The normalized spacial score (nSPS) is 16.8. The highest BCUT2D eigenvalue weighted by atomic mass is 35.5. The molecule has 0 aliphatic carbocycles. The highest BCUT2D eigenvalue weighted by Gasteiger charge is 2.24. The second-order valence-corrected chi connectivity index (χ2v) is 8.05. The average molecular weight is 428 g/mol. The van der Waals surface area contributed by atoms with Crippen LogP contribution in [0.2, 0.25) is 10.0 Å². The molecule has 0 saturated carbocycles. The number of aliphatic imine (C=N–C) groups is 1. The number of amides is 1. The summed E-state index contributed by atoms with van der Waals surface area (Å²) in [6.45, 7) is 2.04. The van der Waals surface area contributed by atoms with E-state index in [0.29, 0.717) is 25.8 Å². The number of nitrogens with zero attached hydrogens (tertiary/aromatic N) is 2. The van der Waals surface area contributed by atoms with Crippen molar-refractivity contribution >= 4 is 57.8 Å². The average Bonchev–Trinajstić information content (AvgIpc) is 3.21. The molecule has 0 unspecified atom stereocenters. The van der Waals surface area contributed by atoms with E-state index in [1.54, 1.807) is 18.2 Å². The Labute approximate surface area is 176 Å². The lowest BCUT2D eigenvalue weighted by Crippen LogP contribution is -2.19. The zero-order valence-electron chi connectivity index (χ0n) is 14.8. The molecule has 0 radical (unpaired) electrons. The number of rotatable bonds is 3. The van der Waals surface area contributed by atoms with Gasteiger partial charge in [-0.1, -0.05) is 41.4 Å². The first-order valence-electron chi connectivity index (χ1n) is 8.49. The maximum atomic E-state index is 12.3. The number of hydrogen-bond acceptors (Lipinski definition) is 3. The van der Waals surface area contributed by atoms with Crippen LogP contribution in [0.1, 0.15) is 11.3 Å². The van der Waals surface area contributed by atoms with Crippen molar-refractivity contribution in [1.29, 1.82) is 0 Å². The van der Waals surface area contributed by atoms with Gasteiger partial charge in [0.05, 0.1) is 20.6 Å². The number of carbonyl (C=O) groups is 1. The molecule has 1 amide bonds. The van der Waals surface area contributed by atoms with Crippen molar-refractivity contribution in [3.63, 3.8) is 0 Å². The number of thioether (sulfide) groups is 1. The summed E-state index contributed by atoms with van der Waals surface area (Å²) in [6, 6.07) is 17.2. The van der Waals surface area contributed by atoms with Crippen molar-refractivity contribution < 1.29 is 4.79 Å². The number of hydrogen-bond donors (Lipinski definition) is 1. The van der Waals surface area contributed by atoms with Crippen LogP contribution in [-0.2, 0) is 4.79 Å². The van der Waals surface area contributed by atoms with Gasteiger partial charge in [-0.15, -0.1) is 0 Å². The summed E-state index contributed by atoms with van der Waals surface area (Å²) in [6.07, 6.45) is 3.88. The van der Waals surface area contributed by atoms with E-state index in [4.69, 9.17) is 23.2 Å². The Morgan fingerprint density at radius 1 is 1.07 bits per heavy atom. The first kappa shape index (κ1) is 18.9. The van der Waals surface area contributed by atoms with Crippen LogP contribution in [0.15, 0.2) is 70.7 Å². The molecule has 140 valence electrons. The maximum Gasteiger partial charge on any atom is 0.264 e. The lowest BCUT2D eigenvalue weighted by atomic mass is 10.3. The molecular formula is C21H15Cl2N3OS. The van der Waals surface area contributed by atoms with Gasteiger partial charge in [0.1, 0.15) is 0 Å². The third-order valence-electron chi connectivity index (χ3n) is 4.15. The third kappa shape index (κ3) is 4.02. The number of amidine groups is 1. The van der Waals surface area contributed by atoms with Crippen molar-refractivity contribution in [2.24, 2.45) is 4.99 Å². The van der Waals surface area contributed by atoms with Gasteiger partial charge >= 0.3 is 0 Å². The zero-order chi connectivity index (χ0) is 19.7. The number of carbonyl (C=O) groups excluding carboxylic acids is 1. The third-order valence-corrected chi connectivity index (χ3v) is 5.80. The number of para-hydroxylation sites is 1. The largest absolute Gasteiger partial charge is 0.321 e. The Hall–Kier alpha value is -2.47. The molecule has 2 heterocycles. The second kappa shape index (κ2) is 7.87. The van der Waals surface area contributed by atoms with Crippen LogP contribution in [0.3, 0.4) is 0 Å². The van der Waals surface area contributed by atoms with E-state index in [9.17, 15) is 4.79 Å². The Morgan fingerprint density at radius 2 is 1.86 bits per heavy atom. The number of aryl methyl sites for hydroxylation is 1. The fraction of sp³-hybridized carbons (Fsp3) is 0.0476. The molecule has 3 aromatic rings. The summed E-state index contributed by atoms with van der Waals surface area (Å²) in [5.41, 5.74) is 3.75. The van der Waals surface area contributed by atoms with Crippen LogP contribution in [-0.4, -0.2) is 15.6 Å². The summed E-state index contributed by atoms with van der Waals surface area (Å²) < 4.78 is 2.09. The van der Waals surface area contributed by atoms with Crippen LogP contribution < -0.4 is 5.32 Å². The van der Waals surface area contributed by atoms with E-state index >= 15 is 0 Å². The lowest BCUT2D eigenvalue weighted by Gasteiger charge is -2.04. The fourth-order valence-corrected chi connectivity index (χ4v) is 3.98. The Morgan fingerprint density at radius 3 is 2.61 bits per heavy atom. The van der Waals surface area contributed by atoms with E-state index in [2.05, 4.69) is 14.9 Å². The summed E-state index contributed by atoms with van der Waals surface area (Å²) >= 11 is 13.2. The Kier molecular flexibility index (Phi) is 5.31. The minimum atomic E-state index is -0.172. The minimum Gasteiger partial charge on any atom is -0.321 e. The highest BCUT2D eigenvalue weighted by molar-refractivity contribution is 8.18. The first-order valence-corrected chi connectivity index (χ1v) is 10.1. The summed E-state index contributed by atoms with van der Waals surface area (Å²) in [7, 11) is 0. The van der Waals surface area contributed by atoms with Crippen LogP contribution in [0.25, 0.3) is 11.8 Å². The quantitative estimate of drug-likeness (QED) is 0.522. The van der Waals surface area contributed by atoms with E-state index in [0.717, 1.165) is 16.9 Å². The predicted octanol–water partition coefficient (Wildman–Crippen LogP) is 5.98. The zero-order valence-corrected chi connectivity index (χ0v) is 17.1. The van der Waals surface area contributed by atoms with Crippen LogP contribution in [0, 0.1) is 6.92 Å². The number of benzene rings is 2. The Bertz CT molecular complexity index is 1120. The molecule has 1 aliphatic rings. The van der Waals surface area contributed by atoms with E-state index in [1.165, 1.54) is 11.8 Å². The van der Waals surface area contributed by atoms with Crippen LogP contribution >= 0.6 is 35.0 Å². The maximum absolute atomic E-state index is 12.3. The van der Waals surface area contributed by atoms with Gasteiger partial charge in [0.15, 0.2) is 5.17 Å². The molecule has 0 bridgehead atoms. The smallest absolute Gasteiger partial charge is 0.264 e. The van der Waals surface area contributed by atoms with Gasteiger partial charge < -0.3 is 9.88 Å². The summed E-state index contributed by atoms with van der Waals surface area (Å²) in [5, 5.41) is 4.18. The molecular weight excluding hydrogens is 413 g/mol. The van der Waals surface area contributed by atoms with Gasteiger partial charge in [-0.25, -0.2) is 4.99 Å². The molecule has 4 nitrogen and oxygen atoms in total. The van der Waals surface area contributed by atoms with Crippen LogP contribution in [0.4, 0.5) is 5.69 Å². The van der Waals surface area contributed by atoms with E-state index < -0.39 is 0 Å². The van der Waals surface area contributed by atoms with E-state index in [-0.39, 0.29) is 5.91 Å². The molecule has 28 heavy (non-hydrogen) atoms. The molecule has 4 rings (SSSR count). The molecule has 1 aromatic heterocycles. The molecule has 0 spiro atoms. The predicted molar refractivity (Wildman–Crippen MR) is 118 cm³/mol. The summed E-state index contributed by atoms with van der Waals surface area (Å²) in [5.74, 6) is -0.172. The number of nitrogens with one attached hydrogen (secondary N) is 1. The van der Waals surface area contributed by atoms with Gasteiger partial charge in [0, 0.05) is 17.6 Å². The molecule has 1 saturated heterocycles. The minimum absolute atomic E-state index is 0.172. The topological polar surface area (TPSA) is 46.4 Å². The first-order chi connectivity index (χ1) is 13.5. The number of halogens is 2. The van der Waals surface area contributed by atoms with Crippen molar-refractivity contribution in [2.45, 2.75) is 6.92 Å². The lowest BCUT2D eigenvalue weighted by molar-refractivity contribution is -0.115. The van der Waals surface area contributed by atoms with E-state index in [1.807, 2.05) is 55.6 Å². The van der Waals surface area contributed by atoms with Crippen molar-refractivity contribution in [3.8, 4) is 5.69 Å². The van der Waals surface area contributed by atoms with Crippen molar-refractivity contribution in [2.75, 3.05) is 0 Å². The fourth-order valence-electron chi connectivity index (χ4n) is 2.85. The standard InChI is InChI=1S/C21H15Cl2N3OS/c1-13-9-14(12-26(13)16-5-3-2-4-6-16)10-19-20(27)25-21(28-19)24-15-7-8-17(22)18(23)11-15/h2-12H,1H3,(H,24,25,27)/b19-10+. The molecule has 1 aliphatic heterocycles. The second-order valence-electron chi connectivity index (χ2n) is 6.20. The molecule has 2 aromatic carbocycles. The van der Waals surface area contributed by atoms with Gasteiger partial charge in [-0.2, -0.15) is 0 Å². The molecule has 0 atom stereocenters. The molecule has 7 heteroatoms. The van der Waals surface area contributed by atoms with Crippen molar-refractivity contribution in [3.05, 3.63) is 87.0 Å². The molecule has 1 N–H and O–H groups in total. The highest BCUT2D eigenvalue weighted by Crippen LogP contribution is 2.31. The van der Waals surface area contributed by atoms with Gasteiger partial charge in [0.2, 0.25) is 0 Å². The summed E-state index contributed by atoms with van der Waals surface area (Å²) in [4.78, 5) is 17.3. The monoisotopic (exact) mass is 427 g/mol. The van der Waals surface area contributed by atoms with Crippen molar-refractivity contribution in [1.82, 2.24) is 9.88 Å². The number of aromatic nitrogens is 1.